The summed E-state index contributed by atoms with van der Waals surface area (Å²) in [5.41, 5.74) is 6.17. The SMILES string of the molecule is CN(c1ccc(C#N)cc1)c1ccc2c(c1)CN(CC1(C)CCCOC1)CC2.Cl. The zero-order chi connectivity index (χ0) is 19.6. The maximum absolute atomic E-state index is 9.00. The van der Waals surface area contributed by atoms with Gasteiger partial charge >= 0.3 is 0 Å². The second-order valence-electron chi connectivity index (χ2n) is 8.60. The van der Waals surface area contributed by atoms with Crippen molar-refractivity contribution in [3.63, 3.8) is 0 Å². The molecule has 0 bridgehead atoms. The molecule has 4 nitrogen and oxygen atoms in total. The topological polar surface area (TPSA) is 39.5 Å². The van der Waals surface area contributed by atoms with E-state index in [1.165, 1.54) is 29.7 Å². The lowest BCUT2D eigenvalue weighted by Gasteiger charge is -2.40. The summed E-state index contributed by atoms with van der Waals surface area (Å²) in [7, 11) is 2.09. The first-order valence-electron chi connectivity index (χ1n) is 10.2. The first-order valence-corrected chi connectivity index (χ1v) is 10.2. The van der Waals surface area contributed by atoms with Gasteiger partial charge in [-0.3, -0.25) is 4.90 Å². The van der Waals surface area contributed by atoms with Crippen molar-refractivity contribution in [2.75, 3.05) is 38.3 Å². The Morgan fingerprint density at radius 2 is 1.90 bits per heavy atom. The van der Waals surface area contributed by atoms with Gasteiger partial charge in [-0.25, -0.2) is 0 Å². The van der Waals surface area contributed by atoms with Crippen LogP contribution in [0.2, 0.25) is 0 Å². The summed E-state index contributed by atoms with van der Waals surface area (Å²) < 4.78 is 5.76. The summed E-state index contributed by atoms with van der Waals surface area (Å²) in [6.45, 7) is 7.44. The third-order valence-electron chi connectivity index (χ3n) is 6.18. The zero-order valence-electron chi connectivity index (χ0n) is 17.4. The molecule has 0 N–H and O–H groups in total. The monoisotopic (exact) mass is 411 g/mol. The van der Waals surface area contributed by atoms with E-state index in [9.17, 15) is 0 Å². The lowest BCUT2D eigenvalue weighted by molar-refractivity contribution is -0.0185. The maximum Gasteiger partial charge on any atom is 0.0991 e. The highest BCUT2D eigenvalue weighted by molar-refractivity contribution is 5.85. The zero-order valence-corrected chi connectivity index (χ0v) is 18.2. The van der Waals surface area contributed by atoms with Crippen molar-refractivity contribution in [1.82, 2.24) is 4.90 Å². The van der Waals surface area contributed by atoms with Gasteiger partial charge in [0.1, 0.15) is 0 Å². The van der Waals surface area contributed by atoms with Crippen LogP contribution in [-0.4, -0.2) is 38.3 Å². The second-order valence-corrected chi connectivity index (χ2v) is 8.60. The summed E-state index contributed by atoms with van der Waals surface area (Å²) in [5.74, 6) is 0. The Bertz CT molecular complexity index is 869. The molecule has 5 heteroatoms. The molecule has 1 atom stereocenters. The molecule has 2 aromatic rings. The highest BCUT2D eigenvalue weighted by Gasteiger charge is 2.31. The van der Waals surface area contributed by atoms with E-state index < -0.39 is 0 Å². The van der Waals surface area contributed by atoms with Crippen LogP contribution in [0.25, 0.3) is 0 Å². The van der Waals surface area contributed by atoms with E-state index >= 15 is 0 Å². The molecule has 1 unspecified atom stereocenters. The Balaban J connectivity index is 0.00000240. The molecule has 154 valence electrons. The number of hydrogen-bond acceptors (Lipinski definition) is 4. The highest BCUT2D eigenvalue weighted by Crippen LogP contribution is 2.33. The number of nitrogens with zero attached hydrogens (tertiary/aromatic N) is 3. The van der Waals surface area contributed by atoms with Crippen molar-refractivity contribution < 1.29 is 4.74 Å². The van der Waals surface area contributed by atoms with E-state index in [1.807, 2.05) is 24.3 Å². The van der Waals surface area contributed by atoms with Crippen LogP contribution < -0.4 is 4.90 Å². The molecular weight excluding hydrogens is 382 g/mol. The highest BCUT2D eigenvalue weighted by atomic mass is 35.5. The molecule has 0 saturated carbocycles. The molecule has 0 radical (unpaired) electrons. The molecule has 2 heterocycles. The van der Waals surface area contributed by atoms with Crippen molar-refractivity contribution >= 4 is 23.8 Å². The molecule has 4 rings (SSSR count). The molecule has 2 aliphatic rings. The first-order chi connectivity index (χ1) is 13.6. The van der Waals surface area contributed by atoms with Gasteiger partial charge in [-0.1, -0.05) is 13.0 Å². The Kier molecular flexibility index (Phi) is 6.85. The molecule has 0 amide bonds. The van der Waals surface area contributed by atoms with E-state index in [2.05, 4.69) is 48.0 Å². The normalized spacial score (nSPS) is 21.6. The predicted octanol–water partition coefficient (Wildman–Crippen LogP) is 4.92. The van der Waals surface area contributed by atoms with Gasteiger partial charge in [0.2, 0.25) is 0 Å². The van der Waals surface area contributed by atoms with Crippen LogP contribution in [-0.2, 0) is 17.7 Å². The minimum atomic E-state index is 0. The minimum Gasteiger partial charge on any atom is -0.381 e. The second kappa shape index (κ2) is 9.17. The van der Waals surface area contributed by atoms with Gasteiger partial charge in [0, 0.05) is 50.1 Å². The van der Waals surface area contributed by atoms with E-state index in [1.54, 1.807) is 0 Å². The summed E-state index contributed by atoms with van der Waals surface area (Å²) in [5, 5.41) is 9.00. The van der Waals surface area contributed by atoms with Crippen molar-refractivity contribution in [2.45, 2.75) is 32.7 Å². The van der Waals surface area contributed by atoms with E-state index in [-0.39, 0.29) is 17.8 Å². The number of ether oxygens (including phenoxy) is 1. The van der Waals surface area contributed by atoms with Crippen LogP contribution in [0.1, 0.15) is 36.5 Å². The average molecular weight is 412 g/mol. The van der Waals surface area contributed by atoms with E-state index in [0.717, 1.165) is 45.0 Å². The largest absolute Gasteiger partial charge is 0.381 e. The molecule has 0 spiro atoms. The number of nitriles is 1. The van der Waals surface area contributed by atoms with Crippen molar-refractivity contribution in [3.8, 4) is 6.07 Å². The third kappa shape index (κ3) is 4.93. The number of fused-ring (bicyclic) bond motifs is 1. The summed E-state index contributed by atoms with van der Waals surface area (Å²) in [4.78, 5) is 4.79. The minimum absolute atomic E-state index is 0. The molecule has 1 fully saturated rings. The van der Waals surface area contributed by atoms with Crippen LogP contribution in [0, 0.1) is 16.7 Å². The van der Waals surface area contributed by atoms with Crippen LogP contribution in [0.5, 0.6) is 0 Å². The van der Waals surface area contributed by atoms with Gasteiger partial charge in [-0.15, -0.1) is 12.4 Å². The summed E-state index contributed by atoms with van der Waals surface area (Å²) >= 11 is 0. The Hall–Kier alpha value is -2.06. The Morgan fingerprint density at radius 1 is 1.14 bits per heavy atom. The molecule has 0 aliphatic carbocycles. The van der Waals surface area contributed by atoms with Gasteiger partial charge < -0.3 is 9.64 Å². The number of halogens is 1. The average Bonchev–Trinajstić information content (AvgIpc) is 2.73. The van der Waals surface area contributed by atoms with E-state index in [0.29, 0.717) is 5.56 Å². The van der Waals surface area contributed by atoms with Gasteiger partial charge in [-0.2, -0.15) is 5.26 Å². The van der Waals surface area contributed by atoms with Crippen LogP contribution in [0.15, 0.2) is 42.5 Å². The molecule has 2 aromatic carbocycles. The fourth-order valence-electron chi connectivity index (χ4n) is 4.51. The molecule has 0 aromatic heterocycles. The summed E-state index contributed by atoms with van der Waals surface area (Å²) in [6.07, 6.45) is 3.56. The van der Waals surface area contributed by atoms with Gasteiger partial charge in [0.15, 0.2) is 0 Å². The molecule has 1 saturated heterocycles. The van der Waals surface area contributed by atoms with Gasteiger partial charge in [0.05, 0.1) is 18.2 Å². The van der Waals surface area contributed by atoms with Gasteiger partial charge in [0.25, 0.3) is 0 Å². The number of hydrogen-bond donors (Lipinski definition) is 0. The van der Waals surface area contributed by atoms with Crippen LogP contribution in [0.3, 0.4) is 0 Å². The quantitative estimate of drug-likeness (QED) is 0.715. The number of benzene rings is 2. The predicted molar refractivity (Wildman–Crippen MR) is 120 cm³/mol. The third-order valence-corrected chi connectivity index (χ3v) is 6.18. The molecule has 29 heavy (non-hydrogen) atoms. The van der Waals surface area contributed by atoms with Crippen molar-refractivity contribution in [1.29, 1.82) is 5.26 Å². The smallest absolute Gasteiger partial charge is 0.0991 e. The van der Waals surface area contributed by atoms with Crippen LogP contribution >= 0.6 is 12.4 Å². The Labute approximate surface area is 180 Å². The number of anilines is 2. The van der Waals surface area contributed by atoms with E-state index in [4.69, 9.17) is 10.00 Å². The standard InChI is InChI=1S/C24H29N3O.ClH/c1-24(11-3-13-28-18-24)17-27-12-10-20-6-9-23(14-21(20)16-27)26(2)22-7-4-19(15-25)5-8-22;/h4-9,14H,3,10-13,16-18H2,1-2H3;1H. The Morgan fingerprint density at radius 3 is 2.59 bits per heavy atom. The lowest BCUT2D eigenvalue weighted by atomic mass is 9.83. The lowest BCUT2D eigenvalue weighted by Crippen LogP contribution is -2.43. The first kappa shape index (κ1) is 21.6. The van der Waals surface area contributed by atoms with Crippen molar-refractivity contribution in [2.24, 2.45) is 5.41 Å². The maximum atomic E-state index is 9.00. The molecule has 2 aliphatic heterocycles. The fourth-order valence-corrected chi connectivity index (χ4v) is 4.51. The summed E-state index contributed by atoms with van der Waals surface area (Å²) in [6, 6.07) is 16.8. The van der Waals surface area contributed by atoms with Crippen molar-refractivity contribution in [3.05, 3.63) is 59.2 Å². The fraction of sp³-hybridized carbons (Fsp3) is 0.458. The van der Waals surface area contributed by atoms with Gasteiger partial charge in [-0.05, 0) is 66.8 Å². The van der Waals surface area contributed by atoms with Crippen LogP contribution in [0.4, 0.5) is 11.4 Å². The molecular formula is C24H30ClN3O. The number of rotatable bonds is 4.